The smallest absolute Gasteiger partial charge is 0.0700 e. The molecule has 0 aromatic carbocycles. The fourth-order valence-electron chi connectivity index (χ4n) is 4.06. The van der Waals surface area contributed by atoms with Gasteiger partial charge in [0, 0.05) is 25.2 Å². The summed E-state index contributed by atoms with van der Waals surface area (Å²) in [6.07, 6.45) is 11.4. The summed E-state index contributed by atoms with van der Waals surface area (Å²) in [4.78, 5) is 0. The zero-order chi connectivity index (χ0) is 12.2. The summed E-state index contributed by atoms with van der Waals surface area (Å²) in [7, 11) is 0. The molecule has 3 rings (SSSR count). The molecule has 4 atom stereocenters. The van der Waals surface area contributed by atoms with Crippen molar-refractivity contribution in [2.24, 2.45) is 5.92 Å². The Hall–Kier alpha value is -0.120. The zero-order valence-electron chi connectivity index (χ0n) is 11.5. The number of rotatable bonds is 4. The lowest BCUT2D eigenvalue weighted by atomic mass is 9.88. The third-order valence-electron chi connectivity index (χ3n) is 5.07. The Morgan fingerprint density at radius 1 is 1.00 bits per heavy atom. The molecule has 2 heterocycles. The maximum atomic E-state index is 5.72. The lowest BCUT2D eigenvalue weighted by Crippen LogP contribution is -2.48. The molecule has 0 aromatic heterocycles. The van der Waals surface area contributed by atoms with Crippen molar-refractivity contribution in [3.8, 4) is 0 Å². The second-order valence-electron chi connectivity index (χ2n) is 6.30. The molecule has 3 heteroatoms. The van der Waals surface area contributed by atoms with Gasteiger partial charge in [-0.15, -0.1) is 0 Å². The van der Waals surface area contributed by atoms with Crippen molar-refractivity contribution in [1.82, 2.24) is 10.6 Å². The molecule has 2 saturated heterocycles. The van der Waals surface area contributed by atoms with Crippen LogP contribution in [0.5, 0.6) is 0 Å². The van der Waals surface area contributed by atoms with Crippen molar-refractivity contribution < 1.29 is 4.74 Å². The Labute approximate surface area is 111 Å². The molecule has 0 spiro atoms. The standard InChI is InChI=1S/C15H28N2O/c1-2-9-16-14(7-1)13-6-3-8-15(13)17-11-12-5-4-10-18-12/h12-17H,1-11H2. The molecule has 0 aromatic rings. The average molecular weight is 252 g/mol. The van der Waals surface area contributed by atoms with Gasteiger partial charge in [0.05, 0.1) is 6.10 Å². The Morgan fingerprint density at radius 2 is 2.00 bits per heavy atom. The van der Waals surface area contributed by atoms with Crippen LogP contribution >= 0.6 is 0 Å². The summed E-state index contributed by atoms with van der Waals surface area (Å²) in [5.41, 5.74) is 0. The highest BCUT2D eigenvalue weighted by atomic mass is 16.5. The van der Waals surface area contributed by atoms with Gasteiger partial charge in [0.2, 0.25) is 0 Å². The highest BCUT2D eigenvalue weighted by Crippen LogP contribution is 2.31. The van der Waals surface area contributed by atoms with Crippen molar-refractivity contribution in [3.05, 3.63) is 0 Å². The summed E-state index contributed by atoms with van der Waals surface area (Å²) < 4.78 is 5.72. The van der Waals surface area contributed by atoms with Gasteiger partial charge >= 0.3 is 0 Å². The van der Waals surface area contributed by atoms with Crippen LogP contribution in [0.15, 0.2) is 0 Å². The van der Waals surface area contributed by atoms with E-state index in [1.165, 1.54) is 57.9 Å². The molecule has 0 radical (unpaired) electrons. The summed E-state index contributed by atoms with van der Waals surface area (Å²) >= 11 is 0. The highest BCUT2D eigenvalue weighted by molar-refractivity contribution is 4.92. The molecule has 4 unspecified atom stereocenters. The van der Waals surface area contributed by atoms with Gasteiger partial charge in [0.1, 0.15) is 0 Å². The number of piperidine rings is 1. The van der Waals surface area contributed by atoms with Gasteiger partial charge in [-0.05, 0) is 51.0 Å². The SMILES string of the molecule is C1CCC(C2CCCC2NCC2CCCO2)NC1. The second kappa shape index (κ2) is 6.36. The van der Waals surface area contributed by atoms with Crippen LogP contribution in [0.25, 0.3) is 0 Å². The predicted molar refractivity (Wildman–Crippen MR) is 73.7 cm³/mol. The van der Waals surface area contributed by atoms with E-state index in [0.29, 0.717) is 6.10 Å². The minimum atomic E-state index is 0.491. The van der Waals surface area contributed by atoms with Crippen molar-refractivity contribution in [2.75, 3.05) is 19.7 Å². The first-order valence-corrected chi connectivity index (χ1v) is 8.02. The fourth-order valence-corrected chi connectivity index (χ4v) is 4.06. The van der Waals surface area contributed by atoms with E-state index in [-0.39, 0.29) is 0 Å². The molecular weight excluding hydrogens is 224 g/mol. The molecule has 2 aliphatic heterocycles. The van der Waals surface area contributed by atoms with Crippen molar-refractivity contribution in [1.29, 1.82) is 0 Å². The fraction of sp³-hybridized carbons (Fsp3) is 1.00. The molecule has 2 N–H and O–H groups in total. The van der Waals surface area contributed by atoms with E-state index in [2.05, 4.69) is 10.6 Å². The van der Waals surface area contributed by atoms with Crippen LogP contribution in [0.3, 0.4) is 0 Å². The molecule has 0 amide bonds. The highest BCUT2D eigenvalue weighted by Gasteiger charge is 2.34. The van der Waals surface area contributed by atoms with Crippen molar-refractivity contribution in [2.45, 2.75) is 69.6 Å². The summed E-state index contributed by atoms with van der Waals surface area (Å²) in [5, 5.41) is 7.55. The predicted octanol–water partition coefficient (Wildman–Crippen LogP) is 2.07. The largest absolute Gasteiger partial charge is 0.377 e. The first-order valence-electron chi connectivity index (χ1n) is 8.02. The number of hydrogen-bond acceptors (Lipinski definition) is 3. The van der Waals surface area contributed by atoms with Gasteiger partial charge in [-0.25, -0.2) is 0 Å². The molecule has 18 heavy (non-hydrogen) atoms. The maximum absolute atomic E-state index is 5.72. The van der Waals surface area contributed by atoms with Crippen LogP contribution in [0.2, 0.25) is 0 Å². The van der Waals surface area contributed by atoms with Crippen molar-refractivity contribution >= 4 is 0 Å². The lowest BCUT2D eigenvalue weighted by Gasteiger charge is -2.33. The summed E-state index contributed by atoms with van der Waals surface area (Å²) in [6, 6.07) is 1.52. The quantitative estimate of drug-likeness (QED) is 0.803. The van der Waals surface area contributed by atoms with Crippen molar-refractivity contribution in [3.63, 3.8) is 0 Å². The first kappa shape index (κ1) is 12.9. The second-order valence-corrected chi connectivity index (χ2v) is 6.30. The van der Waals surface area contributed by atoms with Crippen LogP contribution in [0, 0.1) is 5.92 Å². The maximum Gasteiger partial charge on any atom is 0.0700 e. The first-order chi connectivity index (χ1) is 8.93. The van der Waals surface area contributed by atoms with Gasteiger partial charge in [0.15, 0.2) is 0 Å². The van der Waals surface area contributed by atoms with Gasteiger partial charge < -0.3 is 15.4 Å². The van der Waals surface area contributed by atoms with Gasteiger partial charge in [-0.2, -0.15) is 0 Å². The number of ether oxygens (including phenoxy) is 1. The van der Waals surface area contributed by atoms with Crippen LogP contribution in [0.1, 0.15) is 51.4 Å². The molecule has 3 fully saturated rings. The van der Waals surface area contributed by atoms with Gasteiger partial charge in [-0.1, -0.05) is 12.8 Å². The van der Waals surface area contributed by atoms with E-state index in [1.54, 1.807) is 0 Å². The average Bonchev–Trinajstić information content (AvgIpc) is 3.09. The van der Waals surface area contributed by atoms with E-state index < -0.39 is 0 Å². The Balaban J connectivity index is 1.47. The molecular formula is C15H28N2O. The molecule has 1 saturated carbocycles. The van der Waals surface area contributed by atoms with E-state index >= 15 is 0 Å². The number of nitrogens with one attached hydrogen (secondary N) is 2. The van der Waals surface area contributed by atoms with Crippen LogP contribution in [-0.2, 0) is 4.74 Å². The third-order valence-corrected chi connectivity index (χ3v) is 5.07. The minimum absolute atomic E-state index is 0.491. The molecule has 3 aliphatic rings. The Morgan fingerprint density at radius 3 is 2.78 bits per heavy atom. The summed E-state index contributed by atoms with van der Waals surface area (Å²) in [5.74, 6) is 0.867. The lowest BCUT2D eigenvalue weighted by molar-refractivity contribution is 0.104. The minimum Gasteiger partial charge on any atom is -0.377 e. The topological polar surface area (TPSA) is 33.3 Å². The van der Waals surface area contributed by atoms with E-state index in [4.69, 9.17) is 4.74 Å². The monoisotopic (exact) mass is 252 g/mol. The Kier molecular flexibility index (Phi) is 4.55. The van der Waals surface area contributed by atoms with E-state index in [9.17, 15) is 0 Å². The normalized spacial score (nSPS) is 41.3. The van der Waals surface area contributed by atoms with Crippen LogP contribution in [0.4, 0.5) is 0 Å². The molecule has 0 bridgehead atoms. The molecule has 104 valence electrons. The third kappa shape index (κ3) is 3.06. The molecule has 1 aliphatic carbocycles. The summed E-state index contributed by atoms with van der Waals surface area (Å²) in [6.45, 7) is 3.29. The Bertz CT molecular complexity index is 247. The molecule has 3 nitrogen and oxygen atoms in total. The zero-order valence-corrected chi connectivity index (χ0v) is 11.5. The van der Waals surface area contributed by atoms with Crippen LogP contribution < -0.4 is 10.6 Å². The van der Waals surface area contributed by atoms with Crippen LogP contribution in [-0.4, -0.2) is 37.9 Å². The van der Waals surface area contributed by atoms with E-state index in [1.807, 2.05) is 0 Å². The van der Waals surface area contributed by atoms with Gasteiger partial charge in [-0.3, -0.25) is 0 Å². The number of hydrogen-bond donors (Lipinski definition) is 2. The van der Waals surface area contributed by atoms with Gasteiger partial charge in [0.25, 0.3) is 0 Å². The van der Waals surface area contributed by atoms with E-state index in [0.717, 1.165) is 31.2 Å².